The molecule has 3 rings (SSSR count). The van der Waals surface area contributed by atoms with Crippen LogP contribution in [0.5, 0.6) is 0 Å². The van der Waals surface area contributed by atoms with Crippen molar-refractivity contribution in [3.8, 4) is 0 Å². The Kier molecular flexibility index (Phi) is 5.80. The molecule has 3 aromatic rings. The molecule has 29 heavy (non-hydrogen) atoms. The topological polar surface area (TPSA) is 49.4 Å². The lowest BCUT2D eigenvalue weighted by molar-refractivity contribution is -0.137. The first-order chi connectivity index (χ1) is 13.5. The molecule has 0 atom stereocenters. The van der Waals surface area contributed by atoms with Crippen LogP contribution in [0.25, 0.3) is 10.8 Å². The second-order valence-electron chi connectivity index (χ2n) is 6.66. The van der Waals surface area contributed by atoms with Gasteiger partial charge in [0, 0.05) is 37.1 Å². The zero-order valence-electron chi connectivity index (χ0n) is 15.6. The van der Waals surface area contributed by atoms with Crippen LogP contribution in [0.4, 0.5) is 18.9 Å². The van der Waals surface area contributed by atoms with E-state index in [-0.39, 0.29) is 17.0 Å². The molecule has 0 radical (unpaired) electrons. The second kappa shape index (κ2) is 7.85. The van der Waals surface area contributed by atoms with Gasteiger partial charge in [-0.3, -0.25) is 0 Å². The molecule has 0 aliphatic carbocycles. The summed E-state index contributed by atoms with van der Waals surface area (Å²) in [5.41, 5.74) is 0.00300. The van der Waals surface area contributed by atoms with E-state index in [1.54, 1.807) is 18.2 Å². The van der Waals surface area contributed by atoms with Crippen molar-refractivity contribution < 1.29 is 21.6 Å². The van der Waals surface area contributed by atoms with Gasteiger partial charge < -0.3 is 4.90 Å². The quantitative estimate of drug-likeness (QED) is 0.601. The summed E-state index contributed by atoms with van der Waals surface area (Å²) in [5.74, 6) is 0. The number of fused-ring (bicyclic) bond motifs is 1. The van der Waals surface area contributed by atoms with Gasteiger partial charge in [-0.15, -0.1) is 0 Å². The minimum atomic E-state index is -4.62. The predicted molar refractivity (Wildman–Crippen MR) is 109 cm³/mol. The van der Waals surface area contributed by atoms with Crippen molar-refractivity contribution in [2.45, 2.75) is 17.6 Å². The molecule has 154 valence electrons. The molecule has 0 saturated heterocycles. The molecular weight excluding hydrogens is 425 g/mol. The van der Waals surface area contributed by atoms with E-state index in [1.165, 1.54) is 12.1 Å². The van der Waals surface area contributed by atoms with Crippen LogP contribution in [-0.4, -0.2) is 22.5 Å². The maximum absolute atomic E-state index is 13.0. The fourth-order valence-electron chi connectivity index (χ4n) is 3.04. The van der Waals surface area contributed by atoms with E-state index in [9.17, 15) is 21.6 Å². The molecule has 0 unspecified atom stereocenters. The van der Waals surface area contributed by atoms with Gasteiger partial charge in [0.25, 0.3) is 0 Å². The third kappa shape index (κ3) is 4.49. The molecule has 0 amide bonds. The molecule has 4 nitrogen and oxygen atoms in total. The Morgan fingerprint density at radius 2 is 1.66 bits per heavy atom. The summed E-state index contributed by atoms with van der Waals surface area (Å²) in [7, 11) is -0.260. The molecule has 0 aromatic heterocycles. The fourth-order valence-corrected chi connectivity index (χ4v) is 4.51. The first-order valence-electron chi connectivity index (χ1n) is 8.55. The van der Waals surface area contributed by atoms with Gasteiger partial charge in [-0.05, 0) is 29.8 Å². The molecule has 9 heteroatoms. The van der Waals surface area contributed by atoms with Gasteiger partial charge in [-0.1, -0.05) is 41.9 Å². The van der Waals surface area contributed by atoms with Gasteiger partial charge in [0.05, 0.1) is 15.5 Å². The highest BCUT2D eigenvalue weighted by atomic mass is 35.5. The summed E-state index contributed by atoms with van der Waals surface area (Å²) in [6.45, 7) is -0.299. The van der Waals surface area contributed by atoms with Crippen LogP contribution in [0.2, 0.25) is 5.02 Å². The fraction of sp³-hybridized carbons (Fsp3) is 0.200. The van der Waals surface area contributed by atoms with E-state index < -0.39 is 26.8 Å². The minimum Gasteiger partial charge on any atom is -0.377 e. The lowest BCUT2D eigenvalue weighted by Crippen LogP contribution is -2.24. The molecular formula is C20H18ClF3N2O2S. The summed E-state index contributed by atoms with van der Waals surface area (Å²) in [6.07, 6.45) is -4.62. The number of alkyl halides is 3. The zero-order valence-corrected chi connectivity index (χ0v) is 17.2. The molecule has 0 saturated carbocycles. The number of anilines is 1. The van der Waals surface area contributed by atoms with Crippen molar-refractivity contribution >= 4 is 38.1 Å². The maximum Gasteiger partial charge on any atom is 0.417 e. The summed E-state index contributed by atoms with van der Waals surface area (Å²) in [5, 5.41) is 0.846. The monoisotopic (exact) mass is 442 g/mol. The van der Waals surface area contributed by atoms with Gasteiger partial charge in [-0.2, -0.15) is 13.2 Å². The van der Waals surface area contributed by atoms with Gasteiger partial charge in [-0.25, -0.2) is 13.1 Å². The molecule has 0 heterocycles. The number of halogens is 4. The van der Waals surface area contributed by atoms with E-state index in [1.807, 2.05) is 31.1 Å². The van der Waals surface area contributed by atoms with Crippen LogP contribution in [0.3, 0.4) is 0 Å². The van der Waals surface area contributed by atoms with E-state index in [0.29, 0.717) is 5.39 Å². The number of nitrogens with zero attached hydrogens (tertiary/aromatic N) is 1. The van der Waals surface area contributed by atoms with Crippen molar-refractivity contribution in [3.05, 3.63) is 70.7 Å². The van der Waals surface area contributed by atoms with Crippen molar-refractivity contribution in [2.24, 2.45) is 0 Å². The molecule has 0 aliphatic rings. The Hall–Kier alpha value is -2.29. The second-order valence-corrected chi connectivity index (χ2v) is 8.80. The van der Waals surface area contributed by atoms with E-state index in [4.69, 9.17) is 11.6 Å². The number of nitrogens with one attached hydrogen (secondary N) is 1. The van der Waals surface area contributed by atoms with Gasteiger partial charge >= 0.3 is 6.18 Å². The number of hydrogen-bond donors (Lipinski definition) is 1. The Labute approximate surface area is 172 Å². The van der Waals surface area contributed by atoms with Gasteiger partial charge in [0.2, 0.25) is 10.0 Å². The number of sulfonamides is 1. The van der Waals surface area contributed by atoms with E-state index >= 15 is 0 Å². The van der Waals surface area contributed by atoms with Crippen LogP contribution < -0.4 is 9.62 Å². The maximum atomic E-state index is 13.0. The Morgan fingerprint density at radius 3 is 2.31 bits per heavy atom. The van der Waals surface area contributed by atoms with Crippen LogP contribution >= 0.6 is 11.6 Å². The van der Waals surface area contributed by atoms with Crippen molar-refractivity contribution in [2.75, 3.05) is 19.0 Å². The normalized spacial score (nSPS) is 12.3. The first kappa shape index (κ1) is 21.4. The third-order valence-electron chi connectivity index (χ3n) is 4.43. The smallest absolute Gasteiger partial charge is 0.377 e. The summed E-state index contributed by atoms with van der Waals surface area (Å²) in [6, 6.07) is 13.5. The molecule has 1 N–H and O–H groups in total. The van der Waals surface area contributed by atoms with Crippen LogP contribution in [0, 0.1) is 0 Å². The number of rotatable bonds is 5. The molecule has 0 aliphatic heterocycles. The van der Waals surface area contributed by atoms with Crippen LogP contribution in [-0.2, 0) is 22.7 Å². The zero-order chi connectivity index (χ0) is 21.4. The number of benzene rings is 3. The Bertz CT molecular complexity index is 1160. The standard InChI is InChI=1S/C20H18ClF3N2O2S/c1-26(2)18-7-3-6-15-14(18)5-4-8-19(15)29(27,28)25-12-13-9-10-17(21)16(11-13)20(22,23)24/h3-11,25H,12H2,1-2H3. The van der Waals surface area contributed by atoms with Crippen LogP contribution in [0.1, 0.15) is 11.1 Å². The Morgan fingerprint density at radius 1 is 1.00 bits per heavy atom. The molecule has 0 fully saturated rings. The van der Waals surface area contributed by atoms with E-state index in [0.717, 1.165) is 23.2 Å². The highest BCUT2D eigenvalue weighted by Gasteiger charge is 2.33. The predicted octanol–water partition coefficient (Wildman–Crippen LogP) is 5.06. The molecule has 0 spiro atoms. The van der Waals surface area contributed by atoms with Crippen molar-refractivity contribution in [3.63, 3.8) is 0 Å². The molecule has 3 aromatic carbocycles. The van der Waals surface area contributed by atoms with Gasteiger partial charge in [0.1, 0.15) is 0 Å². The van der Waals surface area contributed by atoms with Crippen LogP contribution in [0.15, 0.2) is 59.5 Å². The largest absolute Gasteiger partial charge is 0.417 e. The highest BCUT2D eigenvalue weighted by Crippen LogP contribution is 2.35. The lowest BCUT2D eigenvalue weighted by atomic mass is 10.1. The van der Waals surface area contributed by atoms with Crippen molar-refractivity contribution in [1.29, 1.82) is 0 Å². The van der Waals surface area contributed by atoms with Gasteiger partial charge in [0.15, 0.2) is 0 Å². The SMILES string of the molecule is CN(C)c1cccc2c(S(=O)(=O)NCc3ccc(Cl)c(C(F)(F)F)c3)cccc12. The average Bonchev–Trinajstić information content (AvgIpc) is 2.65. The first-order valence-corrected chi connectivity index (χ1v) is 10.4. The minimum absolute atomic E-state index is 0.0590. The highest BCUT2D eigenvalue weighted by molar-refractivity contribution is 7.89. The third-order valence-corrected chi connectivity index (χ3v) is 6.22. The average molecular weight is 443 g/mol. The Balaban J connectivity index is 1.95. The van der Waals surface area contributed by atoms with Crippen molar-refractivity contribution in [1.82, 2.24) is 4.72 Å². The summed E-state index contributed by atoms with van der Waals surface area (Å²) < 4.78 is 67.2. The molecule has 0 bridgehead atoms. The number of hydrogen-bond acceptors (Lipinski definition) is 3. The summed E-state index contributed by atoms with van der Waals surface area (Å²) in [4.78, 5) is 1.93. The van der Waals surface area contributed by atoms with E-state index in [2.05, 4.69) is 4.72 Å². The lowest BCUT2D eigenvalue weighted by Gasteiger charge is -2.17. The summed E-state index contributed by atoms with van der Waals surface area (Å²) >= 11 is 5.61.